The highest BCUT2D eigenvalue weighted by molar-refractivity contribution is 5.76. The highest BCUT2D eigenvalue weighted by atomic mass is 16.5. The van der Waals surface area contributed by atoms with Gasteiger partial charge >= 0.3 is 11.9 Å². The third-order valence-electron chi connectivity index (χ3n) is 2.57. The average Bonchev–Trinajstić information content (AvgIpc) is 2.40. The van der Waals surface area contributed by atoms with E-state index < -0.39 is 18.2 Å². The first-order valence-corrected chi connectivity index (χ1v) is 6.37. The topological polar surface area (TPSA) is 125 Å². The van der Waals surface area contributed by atoms with Crippen LogP contribution in [0.1, 0.15) is 32.6 Å². The molecule has 0 radical (unpaired) electrons. The van der Waals surface area contributed by atoms with E-state index in [1.165, 1.54) is 14.0 Å². The van der Waals surface area contributed by atoms with Crippen LogP contribution >= 0.6 is 0 Å². The van der Waals surface area contributed by atoms with Gasteiger partial charge in [0.2, 0.25) is 5.91 Å². The molecule has 8 nitrogen and oxygen atoms in total. The van der Waals surface area contributed by atoms with Crippen molar-refractivity contribution >= 4 is 17.8 Å². The Morgan fingerprint density at radius 3 is 2.35 bits per heavy atom. The lowest BCUT2D eigenvalue weighted by atomic mass is 10.2. The van der Waals surface area contributed by atoms with Gasteiger partial charge in [0.05, 0.1) is 13.7 Å². The molecular formula is C12H22N2O6. The lowest BCUT2D eigenvalue weighted by Crippen LogP contribution is -2.47. The Morgan fingerprint density at radius 2 is 1.80 bits per heavy atom. The Hall–Kier alpha value is -1.67. The summed E-state index contributed by atoms with van der Waals surface area (Å²) < 4.78 is 4.46. The van der Waals surface area contributed by atoms with Gasteiger partial charge in [-0.05, 0) is 19.8 Å². The molecule has 0 spiro atoms. The molecule has 4 N–H and O–H groups in total. The molecule has 0 fully saturated rings. The van der Waals surface area contributed by atoms with E-state index in [9.17, 15) is 19.5 Å². The van der Waals surface area contributed by atoms with Crippen LogP contribution in [0.15, 0.2) is 0 Å². The van der Waals surface area contributed by atoms with Crippen LogP contribution < -0.4 is 10.6 Å². The zero-order valence-electron chi connectivity index (χ0n) is 11.7. The standard InChI is InChI=1S/C12H22N2O6/c1-8(12(18)19)14-10(16)7-13-9(15)5-3-4-6-11(17)20-2/h8,10,14,16H,3-7H2,1-2H3,(H,13,15)(H,18,19)/t8-,10?/m0/s1. The van der Waals surface area contributed by atoms with Crippen LogP contribution in [0.25, 0.3) is 0 Å². The number of carbonyl (C=O) groups excluding carboxylic acids is 2. The fraction of sp³-hybridized carbons (Fsp3) is 0.750. The summed E-state index contributed by atoms with van der Waals surface area (Å²) in [4.78, 5) is 32.7. The van der Waals surface area contributed by atoms with Gasteiger partial charge in [0.1, 0.15) is 12.3 Å². The fourth-order valence-corrected chi connectivity index (χ4v) is 1.37. The average molecular weight is 290 g/mol. The highest BCUT2D eigenvalue weighted by Crippen LogP contribution is 2.00. The number of hydrogen-bond acceptors (Lipinski definition) is 6. The molecule has 0 saturated carbocycles. The van der Waals surface area contributed by atoms with Gasteiger partial charge in [-0.1, -0.05) is 0 Å². The Bertz CT molecular complexity index is 334. The van der Waals surface area contributed by atoms with Gasteiger partial charge in [-0.2, -0.15) is 0 Å². The minimum atomic E-state index is -1.12. The second-order valence-electron chi connectivity index (χ2n) is 4.33. The number of hydrogen-bond donors (Lipinski definition) is 4. The van der Waals surface area contributed by atoms with E-state index in [4.69, 9.17) is 5.11 Å². The second kappa shape index (κ2) is 10.2. The number of nitrogens with one attached hydrogen (secondary N) is 2. The number of amides is 1. The monoisotopic (exact) mass is 290 g/mol. The van der Waals surface area contributed by atoms with Crippen LogP contribution in [0.2, 0.25) is 0 Å². The molecule has 1 unspecified atom stereocenters. The molecule has 0 aliphatic rings. The molecule has 0 aromatic rings. The van der Waals surface area contributed by atoms with E-state index >= 15 is 0 Å². The molecule has 0 bridgehead atoms. The largest absolute Gasteiger partial charge is 0.480 e. The van der Waals surface area contributed by atoms with Crippen molar-refractivity contribution in [2.45, 2.75) is 44.9 Å². The molecule has 1 amide bonds. The van der Waals surface area contributed by atoms with Crippen molar-refractivity contribution in [1.82, 2.24) is 10.6 Å². The van der Waals surface area contributed by atoms with E-state index in [2.05, 4.69) is 15.4 Å². The van der Waals surface area contributed by atoms with Crippen LogP contribution in [0.5, 0.6) is 0 Å². The predicted octanol–water partition coefficient (Wildman–Crippen LogP) is -0.783. The van der Waals surface area contributed by atoms with Crippen molar-refractivity contribution in [2.75, 3.05) is 13.7 Å². The summed E-state index contributed by atoms with van der Waals surface area (Å²) in [6.07, 6.45) is 0.468. The first-order valence-electron chi connectivity index (χ1n) is 6.37. The van der Waals surface area contributed by atoms with Crippen molar-refractivity contribution in [3.05, 3.63) is 0 Å². The zero-order valence-corrected chi connectivity index (χ0v) is 11.7. The Kier molecular flexibility index (Phi) is 9.31. The number of esters is 1. The van der Waals surface area contributed by atoms with Crippen molar-refractivity contribution in [3.63, 3.8) is 0 Å². The van der Waals surface area contributed by atoms with Crippen molar-refractivity contribution < 1.29 is 29.3 Å². The number of methoxy groups -OCH3 is 1. The van der Waals surface area contributed by atoms with E-state index in [0.717, 1.165) is 0 Å². The summed E-state index contributed by atoms with van der Waals surface area (Å²) in [6.45, 7) is 1.31. The first kappa shape index (κ1) is 18.3. The lowest BCUT2D eigenvalue weighted by molar-refractivity contribution is -0.141. The summed E-state index contributed by atoms with van der Waals surface area (Å²) in [6, 6.07) is -0.901. The molecule has 0 saturated heterocycles. The quantitative estimate of drug-likeness (QED) is 0.236. The van der Waals surface area contributed by atoms with Gasteiger partial charge in [0.15, 0.2) is 0 Å². The maximum atomic E-state index is 11.4. The number of unbranched alkanes of at least 4 members (excludes halogenated alkanes) is 1. The molecule has 0 aromatic heterocycles. The van der Waals surface area contributed by atoms with Gasteiger partial charge in [-0.15, -0.1) is 0 Å². The number of carboxylic acids is 1. The number of rotatable bonds is 10. The number of aliphatic hydroxyl groups is 1. The molecule has 116 valence electrons. The van der Waals surface area contributed by atoms with Crippen LogP contribution in [0.4, 0.5) is 0 Å². The van der Waals surface area contributed by atoms with Crippen LogP contribution in [-0.4, -0.2) is 54.0 Å². The SMILES string of the molecule is COC(=O)CCCCC(=O)NCC(O)N[C@@H](C)C(=O)O. The minimum absolute atomic E-state index is 0.0759. The first-order chi connectivity index (χ1) is 9.36. The summed E-state index contributed by atoms with van der Waals surface area (Å²) in [7, 11) is 1.31. The molecule has 0 aliphatic heterocycles. The molecule has 8 heteroatoms. The molecule has 0 aliphatic carbocycles. The van der Waals surface area contributed by atoms with Gasteiger partial charge in [0.25, 0.3) is 0 Å². The number of carboxylic acid groups (broad SMARTS) is 1. The zero-order chi connectivity index (χ0) is 15.5. The Morgan fingerprint density at radius 1 is 1.20 bits per heavy atom. The van der Waals surface area contributed by atoms with E-state index in [-0.39, 0.29) is 31.3 Å². The summed E-state index contributed by atoms with van der Waals surface area (Å²) in [5.74, 6) is -1.66. The van der Waals surface area contributed by atoms with Crippen LogP contribution in [0, 0.1) is 0 Å². The molecule has 0 heterocycles. The third kappa shape index (κ3) is 9.29. The summed E-state index contributed by atoms with van der Waals surface area (Å²) in [5, 5.41) is 22.9. The molecule has 0 aromatic carbocycles. The van der Waals surface area contributed by atoms with Crippen molar-refractivity contribution in [2.24, 2.45) is 0 Å². The second-order valence-corrected chi connectivity index (χ2v) is 4.33. The molecule has 2 atom stereocenters. The maximum Gasteiger partial charge on any atom is 0.320 e. The third-order valence-corrected chi connectivity index (χ3v) is 2.57. The molecule has 0 rings (SSSR count). The molecular weight excluding hydrogens is 268 g/mol. The number of aliphatic carboxylic acids is 1. The Labute approximate surface area is 117 Å². The van der Waals surface area contributed by atoms with Crippen LogP contribution in [0.3, 0.4) is 0 Å². The van der Waals surface area contributed by atoms with Gasteiger partial charge in [-0.3, -0.25) is 19.7 Å². The number of carbonyl (C=O) groups is 3. The van der Waals surface area contributed by atoms with Gasteiger partial charge < -0.3 is 20.3 Å². The van der Waals surface area contributed by atoms with E-state index in [1.807, 2.05) is 0 Å². The predicted molar refractivity (Wildman–Crippen MR) is 69.7 cm³/mol. The number of ether oxygens (including phenoxy) is 1. The normalized spacial score (nSPS) is 13.3. The van der Waals surface area contributed by atoms with Crippen molar-refractivity contribution in [3.8, 4) is 0 Å². The van der Waals surface area contributed by atoms with E-state index in [1.54, 1.807) is 0 Å². The van der Waals surface area contributed by atoms with Crippen molar-refractivity contribution in [1.29, 1.82) is 0 Å². The van der Waals surface area contributed by atoms with E-state index in [0.29, 0.717) is 12.8 Å². The van der Waals surface area contributed by atoms with Gasteiger partial charge in [0, 0.05) is 12.8 Å². The number of aliphatic hydroxyl groups excluding tert-OH is 1. The summed E-state index contributed by atoms with van der Waals surface area (Å²) in [5.41, 5.74) is 0. The minimum Gasteiger partial charge on any atom is -0.480 e. The van der Waals surface area contributed by atoms with Gasteiger partial charge in [-0.25, -0.2) is 0 Å². The highest BCUT2D eigenvalue weighted by Gasteiger charge is 2.15. The maximum absolute atomic E-state index is 11.4. The Balaban J connectivity index is 3.67. The van der Waals surface area contributed by atoms with Crippen LogP contribution in [-0.2, 0) is 19.1 Å². The molecule has 20 heavy (non-hydrogen) atoms. The lowest BCUT2D eigenvalue weighted by Gasteiger charge is -2.16. The fourth-order valence-electron chi connectivity index (χ4n) is 1.37. The summed E-state index contributed by atoms with van der Waals surface area (Å²) >= 11 is 0. The smallest absolute Gasteiger partial charge is 0.320 e.